The van der Waals surface area contributed by atoms with Crippen LogP contribution in [0, 0.1) is 0 Å². The first-order valence-electron chi connectivity index (χ1n) is 3.98. The van der Waals surface area contributed by atoms with Crippen LogP contribution in [-0.4, -0.2) is 29.5 Å². The van der Waals surface area contributed by atoms with E-state index < -0.39 is 26.2 Å². The molecule has 8 nitrogen and oxygen atoms in total. The number of nitrogens with zero attached hydrogens (tertiary/aromatic N) is 1. The average molecular weight is 268 g/mol. The first-order valence-corrected chi connectivity index (χ1v) is 7.20. The number of allylic oxidation sites excluding steroid dienone is 1. The maximum atomic E-state index is 11.0. The van der Waals surface area contributed by atoms with Crippen molar-refractivity contribution in [2.75, 3.05) is 0 Å². The molecule has 10 heteroatoms. The molecular weight excluding hydrogens is 258 g/mol. The highest BCUT2D eigenvalue weighted by molar-refractivity contribution is 7.61. The van der Waals surface area contributed by atoms with Crippen LogP contribution < -0.4 is 11.0 Å². The number of imidazole rings is 1. The Bertz CT molecular complexity index is 497. The van der Waals surface area contributed by atoms with Gasteiger partial charge in [-0.25, -0.2) is 4.98 Å². The van der Waals surface area contributed by atoms with Crippen LogP contribution in [0.4, 0.5) is 0 Å². The molecule has 0 atom stereocenters. The van der Waals surface area contributed by atoms with Gasteiger partial charge >= 0.3 is 15.2 Å². The van der Waals surface area contributed by atoms with E-state index in [4.69, 9.17) is 19.6 Å². The fraction of sp³-hybridized carbons (Fsp3) is 0.167. The summed E-state index contributed by atoms with van der Waals surface area (Å²) < 4.78 is 21.8. The topological polar surface area (TPSA) is 144 Å². The highest BCUT2D eigenvalue weighted by atomic mass is 31.2. The van der Waals surface area contributed by atoms with E-state index in [1.54, 1.807) is 0 Å². The molecule has 0 aromatic carbocycles. The number of rotatable bonds is 4. The second-order valence-corrected chi connectivity index (χ2v) is 5.97. The third-order valence-electron chi connectivity index (χ3n) is 1.64. The molecule has 1 heterocycles. The predicted octanol–water partition coefficient (Wildman–Crippen LogP) is -1.26. The molecule has 0 fully saturated rings. The molecule has 0 amide bonds. The third-order valence-corrected chi connectivity index (χ3v) is 3.33. The average Bonchev–Trinajstić information content (AvgIpc) is 2.46. The summed E-state index contributed by atoms with van der Waals surface area (Å²) in [5.41, 5.74) is -1.48. The molecule has 0 saturated heterocycles. The van der Waals surface area contributed by atoms with Crippen LogP contribution in [0.15, 0.2) is 12.7 Å². The van der Waals surface area contributed by atoms with Gasteiger partial charge in [-0.15, -0.1) is 6.58 Å². The zero-order valence-electron chi connectivity index (χ0n) is 7.94. The monoisotopic (exact) mass is 268 g/mol. The van der Waals surface area contributed by atoms with Crippen molar-refractivity contribution in [1.29, 1.82) is 0 Å². The minimum absolute atomic E-state index is 0.0213. The highest BCUT2D eigenvalue weighted by Gasteiger charge is 2.31. The smallest absolute Gasteiger partial charge is 0.334 e. The van der Waals surface area contributed by atoms with Crippen molar-refractivity contribution in [3.63, 3.8) is 0 Å². The van der Waals surface area contributed by atoms with Crippen molar-refractivity contribution in [3.05, 3.63) is 18.3 Å². The Kier molecular flexibility index (Phi) is 3.54. The van der Waals surface area contributed by atoms with Gasteiger partial charge in [-0.1, -0.05) is 6.08 Å². The van der Waals surface area contributed by atoms with E-state index in [1.807, 2.05) is 0 Å². The summed E-state index contributed by atoms with van der Waals surface area (Å²) in [6, 6.07) is 0. The Labute approximate surface area is 90.4 Å². The van der Waals surface area contributed by atoms with Crippen molar-refractivity contribution in [1.82, 2.24) is 9.97 Å². The maximum absolute atomic E-state index is 11.0. The summed E-state index contributed by atoms with van der Waals surface area (Å²) in [5.74, 6) is 0. The lowest BCUT2D eigenvalue weighted by molar-refractivity contribution is 0.385. The third kappa shape index (κ3) is 2.89. The van der Waals surface area contributed by atoms with Gasteiger partial charge in [-0.3, -0.25) is 9.13 Å². The van der Waals surface area contributed by atoms with Crippen LogP contribution in [0.5, 0.6) is 0 Å². The Morgan fingerprint density at radius 2 is 1.81 bits per heavy atom. The standard InChI is InChI=1S/C6H10N2O6P2/c1-2-3-4-5(15(9,10)11)8-6(7-4)16(12,13)14/h2H,1,3H2,(H,7,8)(H2,9,10,11)(H2,12,13,14). The molecule has 0 bridgehead atoms. The molecule has 5 N–H and O–H groups in total. The number of hydrogen-bond acceptors (Lipinski definition) is 3. The van der Waals surface area contributed by atoms with Gasteiger partial charge in [0.1, 0.15) is 0 Å². The van der Waals surface area contributed by atoms with Crippen LogP contribution in [-0.2, 0) is 15.6 Å². The molecule has 1 aromatic heterocycles. The number of H-pyrrole nitrogens is 1. The van der Waals surface area contributed by atoms with E-state index >= 15 is 0 Å². The van der Waals surface area contributed by atoms with Crippen LogP contribution in [0.25, 0.3) is 0 Å². The van der Waals surface area contributed by atoms with E-state index in [1.165, 1.54) is 6.08 Å². The Morgan fingerprint density at radius 1 is 1.25 bits per heavy atom. The van der Waals surface area contributed by atoms with E-state index in [9.17, 15) is 9.13 Å². The summed E-state index contributed by atoms with van der Waals surface area (Å²) in [4.78, 5) is 40.9. The quantitative estimate of drug-likeness (QED) is 0.338. The first kappa shape index (κ1) is 13.3. The molecule has 0 aliphatic carbocycles. The second-order valence-electron chi connectivity index (χ2n) is 2.94. The minimum atomic E-state index is -4.67. The van der Waals surface area contributed by atoms with E-state index in [-0.39, 0.29) is 12.1 Å². The van der Waals surface area contributed by atoms with Gasteiger partial charge in [0.2, 0.25) is 5.57 Å². The van der Waals surface area contributed by atoms with Gasteiger partial charge in [-0.05, 0) is 0 Å². The fourth-order valence-corrected chi connectivity index (χ4v) is 2.37. The van der Waals surface area contributed by atoms with Gasteiger partial charge < -0.3 is 24.6 Å². The summed E-state index contributed by atoms with van der Waals surface area (Å²) in [7, 11) is -9.33. The predicted molar refractivity (Wildman–Crippen MR) is 55.8 cm³/mol. The van der Waals surface area contributed by atoms with Crippen LogP contribution in [0.1, 0.15) is 5.69 Å². The highest BCUT2D eigenvalue weighted by Crippen LogP contribution is 2.36. The molecule has 1 aromatic rings. The minimum Gasteiger partial charge on any atom is -0.334 e. The van der Waals surface area contributed by atoms with E-state index in [0.29, 0.717) is 0 Å². The Morgan fingerprint density at radius 3 is 2.19 bits per heavy atom. The molecule has 0 unspecified atom stereocenters. The van der Waals surface area contributed by atoms with E-state index in [2.05, 4.69) is 16.5 Å². The summed E-state index contributed by atoms with van der Waals surface area (Å²) >= 11 is 0. The molecule has 16 heavy (non-hydrogen) atoms. The molecule has 0 aliphatic heterocycles. The van der Waals surface area contributed by atoms with Crippen LogP contribution >= 0.6 is 15.2 Å². The Hall–Kier alpha value is -0.750. The number of hydrogen-bond donors (Lipinski definition) is 5. The van der Waals surface area contributed by atoms with Gasteiger partial charge in [0.05, 0.1) is 5.69 Å². The summed E-state index contributed by atoms with van der Waals surface area (Å²) in [6.07, 6.45) is 1.35. The number of aromatic amines is 1. The lowest BCUT2D eigenvalue weighted by atomic mass is 10.3. The van der Waals surface area contributed by atoms with Crippen molar-refractivity contribution in [2.24, 2.45) is 0 Å². The SMILES string of the molecule is C=CCc1[nH]c(P(=O)(O)O)nc1P(=O)(O)O. The first-order chi connectivity index (χ1) is 7.16. The molecule has 0 aliphatic rings. The molecule has 1 rings (SSSR count). The lowest BCUT2D eigenvalue weighted by Gasteiger charge is -2.00. The van der Waals surface area contributed by atoms with Gasteiger partial charge in [0.25, 0.3) is 0 Å². The maximum Gasteiger partial charge on any atom is 0.391 e. The van der Waals surface area contributed by atoms with Gasteiger partial charge in [0, 0.05) is 6.42 Å². The largest absolute Gasteiger partial charge is 0.391 e. The molecule has 90 valence electrons. The van der Waals surface area contributed by atoms with Crippen molar-refractivity contribution >= 4 is 26.2 Å². The van der Waals surface area contributed by atoms with Gasteiger partial charge in [-0.2, -0.15) is 0 Å². The van der Waals surface area contributed by atoms with Crippen molar-refractivity contribution in [2.45, 2.75) is 6.42 Å². The second kappa shape index (κ2) is 4.25. The summed E-state index contributed by atoms with van der Waals surface area (Å²) in [6.45, 7) is 3.36. The van der Waals surface area contributed by atoms with E-state index in [0.717, 1.165) is 0 Å². The normalized spacial score (nSPS) is 12.8. The van der Waals surface area contributed by atoms with Crippen molar-refractivity contribution in [3.8, 4) is 0 Å². The zero-order valence-corrected chi connectivity index (χ0v) is 9.73. The van der Waals surface area contributed by atoms with Gasteiger partial charge in [0.15, 0.2) is 5.44 Å². The summed E-state index contributed by atoms with van der Waals surface area (Å²) in [5, 5.41) is 0. The lowest BCUT2D eigenvalue weighted by Crippen LogP contribution is -2.14. The number of nitrogens with one attached hydrogen (secondary N) is 1. The molecular formula is C6H10N2O6P2. The zero-order chi connectivity index (χ0) is 12.6. The van der Waals surface area contributed by atoms with Crippen LogP contribution in [0.2, 0.25) is 0 Å². The molecule has 0 radical (unpaired) electrons. The number of aromatic nitrogens is 2. The Balaban J connectivity index is 3.37. The fourth-order valence-electron chi connectivity index (χ4n) is 1.05. The molecule has 0 spiro atoms. The van der Waals surface area contributed by atoms with Crippen molar-refractivity contribution < 1.29 is 28.7 Å². The van der Waals surface area contributed by atoms with Crippen LogP contribution in [0.3, 0.4) is 0 Å². The molecule has 0 saturated carbocycles.